The van der Waals surface area contributed by atoms with Gasteiger partial charge in [0.05, 0.1) is 6.42 Å². The first-order valence-corrected chi connectivity index (χ1v) is 6.11. The van der Waals surface area contributed by atoms with Gasteiger partial charge in [-0.25, -0.2) is 0 Å². The van der Waals surface area contributed by atoms with Crippen LogP contribution in [0, 0.1) is 6.92 Å². The summed E-state index contributed by atoms with van der Waals surface area (Å²) in [6, 6.07) is 5.64. The van der Waals surface area contributed by atoms with Gasteiger partial charge >= 0.3 is 5.97 Å². The first kappa shape index (κ1) is 11.1. The average molecular weight is 245 g/mol. The molecule has 1 aliphatic rings. The van der Waals surface area contributed by atoms with Crippen molar-refractivity contribution in [2.24, 2.45) is 0 Å². The molecule has 2 N–H and O–H groups in total. The molecule has 18 heavy (non-hydrogen) atoms. The zero-order valence-electron chi connectivity index (χ0n) is 10.2. The topological polar surface area (TPSA) is 62.5 Å². The molecule has 4 nitrogen and oxygen atoms in total. The zero-order chi connectivity index (χ0) is 12.9. The van der Waals surface area contributed by atoms with Gasteiger partial charge in [0, 0.05) is 34.6 Å². The number of rotatable bonds is 2. The second-order valence-corrected chi connectivity index (χ2v) is 4.95. The maximum Gasteiger partial charge on any atom is 0.304 e. The second-order valence-electron chi connectivity index (χ2n) is 4.95. The molecule has 0 fully saturated rings. The lowest BCUT2D eigenvalue weighted by Gasteiger charge is -2.04. The molecule has 2 heterocycles. The van der Waals surface area contributed by atoms with Crippen molar-refractivity contribution >= 4 is 16.9 Å². The van der Waals surface area contributed by atoms with Gasteiger partial charge in [-0.15, -0.1) is 0 Å². The van der Waals surface area contributed by atoms with Crippen molar-refractivity contribution in [3.63, 3.8) is 0 Å². The van der Waals surface area contributed by atoms with E-state index in [1.165, 1.54) is 0 Å². The van der Waals surface area contributed by atoms with E-state index in [9.17, 15) is 9.90 Å². The molecule has 4 heteroatoms. The number of benzene rings is 1. The SMILES string of the molecule is Cc1c(O)ccc2c1cc1n2CCC1CC(=O)O. The van der Waals surface area contributed by atoms with Crippen molar-refractivity contribution in [1.82, 2.24) is 4.57 Å². The number of carboxylic acid groups (broad SMARTS) is 1. The van der Waals surface area contributed by atoms with E-state index in [1.54, 1.807) is 6.07 Å². The van der Waals surface area contributed by atoms with Crippen LogP contribution in [0.5, 0.6) is 5.75 Å². The van der Waals surface area contributed by atoms with Gasteiger partial charge in [-0.1, -0.05) is 0 Å². The van der Waals surface area contributed by atoms with Crippen LogP contribution in [0.4, 0.5) is 0 Å². The minimum absolute atomic E-state index is 0.0939. The summed E-state index contributed by atoms with van der Waals surface area (Å²) in [7, 11) is 0. The molecule has 1 aliphatic heterocycles. The molecule has 0 spiro atoms. The van der Waals surface area contributed by atoms with Crippen LogP contribution in [0.2, 0.25) is 0 Å². The first-order valence-electron chi connectivity index (χ1n) is 6.11. The average Bonchev–Trinajstić information content (AvgIpc) is 2.84. The van der Waals surface area contributed by atoms with Gasteiger partial charge in [0.1, 0.15) is 5.75 Å². The Morgan fingerprint density at radius 1 is 1.50 bits per heavy atom. The second kappa shape index (κ2) is 3.77. The van der Waals surface area contributed by atoms with Crippen molar-refractivity contribution in [3.8, 4) is 5.75 Å². The molecule has 1 unspecified atom stereocenters. The molecule has 94 valence electrons. The highest BCUT2D eigenvalue weighted by atomic mass is 16.4. The number of aryl methyl sites for hydroxylation is 2. The number of carbonyl (C=O) groups is 1. The zero-order valence-corrected chi connectivity index (χ0v) is 10.2. The van der Waals surface area contributed by atoms with E-state index in [4.69, 9.17) is 5.11 Å². The number of aromatic nitrogens is 1. The van der Waals surface area contributed by atoms with Gasteiger partial charge in [0.15, 0.2) is 0 Å². The largest absolute Gasteiger partial charge is 0.508 e. The molecule has 2 aromatic rings. The Labute approximate surface area is 104 Å². The van der Waals surface area contributed by atoms with Crippen LogP contribution in [0.3, 0.4) is 0 Å². The van der Waals surface area contributed by atoms with Crippen LogP contribution in [0.25, 0.3) is 10.9 Å². The Morgan fingerprint density at radius 3 is 3.00 bits per heavy atom. The van der Waals surface area contributed by atoms with E-state index in [-0.39, 0.29) is 12.3 Å². The molecule has 1 aromatic heterocycles. The Bertz CT molecular complexity index is 642. The molecule has 0 saturated heterocycles. The number of hydrogen-bond donors (Lipinski definition) is 2. The Balaban J connectivity index is 2.15. The summed E-state index contributed by atoms with van der Waals surface area (Å²) in [5.74, 6) is -0.365. The van der Waals surface area contributed by atoms with Gasteiger partial charge < -0.3 is 14.8 Å². The number of phenols is 1. The number of aromatic hydroxyl groups is 1. The lowest BCUT2D eigenvalue weighted by atomic mass is 10.00. The number of nitrogens with zero attached hydrogens (tertiary/aromatic N) is 1. The summed E-state index contributed by atoms with van der Waals surface area (Å²) in [5.41, 5.74) is 3.04. The number of hydrogen-bond acceptors (Lipinski definition) is 2. The standard InChI is InChI=1S/C14H15NO3/c1-8-10-7-12-9(6-14(17)18)4-5-15(12)11(10)2-3-13(8)16/h2-3,7,9,16H,4-6H2,1H3,(H,17,18). The van der Waals surface area contributed by atoms with E-state index in [1.807, 2.05) is 19.1 Å². The number of carboxylic acids is 1. The summed E-state index contributed by atoms with van der Waals surface area (Å²) < 4.78 is 2.18. The van der Waals surface area contributed by atoms with E-state index in [0.717, 1.165) is 35.1 Å². The van der Waals surface area contributed by atoms with Crippen LogP contribution >= 0.6 is 0 Å². The molecule has 0 bridgehead atoms. The van der Waals surface area contributed by atoms with Gasteiger partial charge in [0.25, 0.3) is 0 Å². The van der Waals surface area contributed by atoms with Crippen molar-refractivity contribution in [2.45, 2.75) is 32.2 Å². The lowest BCUT2D eigenvalue weighted by Crippen LogP contribution is -2.02. The molecular weight excluding hydrogens is 230 g/mol. The van der Waals surface area contributed by atoms with Gasteiger partial charge in [-0.3, -0.25) is 4.79 Å². The molecule has 1 atom stereocenters. The van der Waals surface area contributed by atoms with Crippen LogP contribution in [0.1, 0.15) is 30.0 Å². The molecule has 0 radical (unpaired) electrons. The molecule has 3 rings (SSSR count). The maximum absolute atomic E-state index is 10.9. The highest BCUT2D eigenvalue weighted by Crippen LogP contribution is 2.38. The highest BCUT2D eigenvalue weighted by molar-refractivity contribution is 5.87. The molecule has 0 saturated carbocycles. The minimum Gasteiger partial charge on any atom is -0.508 e. The normalized spacial score (nSPS) is 18.2. The Kier molecular flexibility index (Phi) is 2.33. The van der Waals surface area contributed by atoms with Crippen molar-refractivity contribution in [3.05, 3.63) is 29.5 Å². The van der Waals surface area contributed by atoms with E-state index in [2.05, 4.69) is 4.57 Å². The summed E-state index contributed by atoms with van der Waals surface area (Å²) in [6.45, 7) is 2.75. The fourth-order valence-electron chi connectivity index (χ4n) is 2.92. The third kappa shape index (κ3) is 1.49. The Hall–Kier alpha value is -1.97. The summed E-state index contributed by atoms with van der Waals surface area (Å²) in [6.07, 6.45) is 1.07. The first-order chi connectivity index (χ1) is 8.58. The van der Waals surface area contributed by atoms with Crippen LogP contribution < -0.4 is 0 Å². The lowest BCUT2D eigenvalue weighted by molar-refractivity contribution is -0.137. The van der Waals surface area contributed by atoms with Crippen molar-refractivity contribution < 1.29 is 15.0 Å². The Morgan fingerprint density at radius 2 is 2.28 bits per heavy atom. The van der Waals surface area contributed by atoms with Gasteiger partial charge in [-0.2, -0.15) is 0 Å². The molecular formula is C14H15NO3. The van der Waals surface area contributed by atoms with Crippen molar-refractivity contribution in [1.29, 1.82) is 0 Å². The number of phenolic OH excluding ortho intramolecular Hbond substituents is 1. The smallest absolute Gasteiger partial charge is 0.304 e. The summed E-state index contributed by atoms with van der Waals surface area (Å²) >= 11 is 0. The number of aliphatic carboxylic acids is 1. The third-order valence-electron chi connectivity index (χ3n) is 3.90. The van der Waals surface area contributed by atoms with Gasteiger partial charge in [-0.05, 0) is 31.5 Å². The fourth-order valence-corrected chi connectivity index (χ4v) is 2.92. The minimum atomic E-state index is -0.752. The molecule has 1 aromatic carbocycles. The predicted octanol–water partition coefficient (Wildman–Crippen LogP) is 2.62. The summed E-state index contributed by atoms with van der Waals surface area (Å²) in [4.78, 5) is 10.9. The highest BCUT2D eigenvalue weighted by Gasteiger charge is 2.27. The van der Waals surface area contributed by atoms with E-state index in [0.29, 0.717) is 5.75 Å². The fraction of sp³-hybridized carbons (Fsp3) is 0.357. The quantitative estimate of drug-likeness (QED) is 0.854. The summed E-state index contributed by atoms with van der Waals surface area (Å²) in [5, 5.41) is 19.7. The molecule has 0 aliphatic carbocycles. The number of fused-ring (bicyclic) bond motifs is 3. The van der Waals surface area contributed by atoms with Crippen molar-refractivity contribution in [2.75, 3.05) is 0 Å². The third-order valence-corrected chi connectivity index (χ3v) is 3.90. The van der Waals surface area contributed by atoms with Crippen LogP contribution in [-0.4, -0.2) is 20.7 Å². The van der Waals surface area contributed by atoms with Gasteiger partial charge in [0.2, 0.25) is 0 Å². The monoisotopic (exact) mass is 245 g/mol. The van der Waals surface area contributed by atoms with Crippen LogP contribution in [0.15, 0.2) is 18.2 Å². The molecule has 0 amide bonds. The maximum atomic E-state index is 10.9. The van der Waals surface area contributed by atoms with E-state index < -0.39 is 5.97 Å². The predicted molar refractivity (Wildman–Crippen MR) is 68.0 cm³/mol. The van der Waals surface area contributed by atoms with E-state index >= 15 is 0 Å². The van der Waals surface area contributed by atoms with Crippen LogP contribution in [-0.2, 0) is 11.3 Å².